The number of amidine groups is 2. The Bertz CT molecular complexity index is 1340. The molecule has 158 valence electrons. The van der Waals surface area contributed by atoms with E-state index in [0.717, 1.165) is 16.8 Å². The fourth-order valence-electron chi connectivity index (χ4n) is 2.76. The molecule has 4 rings (SSSR count). The number of benzene rings is 1. The summed E-state index contributed by atoms with van der Waals surface area (Å²) in [6, 6.07) is 9.34. The quantitative estimate of drug-likeness (QED) is 0.663. The summed E-state index contributed by atoms with van der Waals surface area (Å²) in [5.41, 5.74) is 0.510. The Morgan fingerprint density at radius 2 is 2.10 bits per heavy atom. The first-order valence-corrected chi connectivity index (χ1v) is 11.3. The Kier molecular flexibility index (Phi) is 5.11. The number of thioether (sulfide) groups is 1. The number of hydrogen-bond donors (Lipinski definition) is 2. The smallest absolute Gasteiger partial charge is 0.335 e. The second kappa shape index (κ2) is 7.63. The van der Waals surface area contributed by atoms with Gasteiger partial charge in [0.15, 0.2) is 5.84 Å². The van der Waals surface area contributed by atoms with Gasteiger partial charge in [0.2, 0.25) is 19.4 Å². The molecule has 1 amide bonds. The molecule has 0 unspecified atom stereocenters. The summed E-state index contributed by atoms with van der Waals surface area (Å²) in [5, 5.41) is 22.3. The average Bonchev–Trinajstić information content (AvgIpc) is 3.39. The Balaban J connectivity index is 1.65. The maximum absolute atomic E-state index is 12.4. The van der Waals surface area contributed by atoms with Crippen LogP contribution in [0.3, 0.4) is 0 Å². The van der Waals surface area contributed by atoms with Gasteiger partial charge >= 0.3 is 5.97 Å². The van der Waals surface area contributed by atoms with E-state index in [9.17, 15) is 18.0 Å². The number of hydrogen-bond acceptors (Lipinski definition) is 8. The van der Waals surface area contributed by atoms with Gasteiger partial charge < -0.3 is 9.52 Å². The van der Waals surface area contributed by atoms with Gasteiger partial charge in [-0.05, 0) is 42.1 Å². The number of furan rings is 1. The van der Waals surface area contributed by atoms with Gasteiger partial charge in [-0.25, -0.2) is 13.2 Å². The molecule has 2 aromatic rings. The molecule has 12 heteroatoms. The van der Waals surface area contributed by atoms with Crippen molar-refractivity contribution in [2.45, 2.75) is 6.92 Å². The Morgan fingerprint density at radius 1 is 1.32 bits per heavy atom. The number of nitrogens with zero attached hydrogens (tertiary/aromatic N) is 3. The molecular weight excluding hydrogens is 444 g/mol. The predicted octanol–water partition coefficient (Wildman–Crippen LogP) is 2.66. The van der Waals surface area contributed by atoms with Crippen molar-refractivity contribution in [1.82, 2.24) is 5.01 Å². The number of sulfone groups is 1. The molecule has 2 aliphatic rings. The van der Waals surface area contributed by atoms with Crippen LogP contribution in [0.2, 0.25) is 0 Å². The molecule has 0 saturated heterocycles. The largest absolute Gasteiger partial charge is 0.478 e. The standard InChI is InChI=1S/C19H14N4O6S2/c1-2-31(27,28)19-22-23-15(20)13(16(24)21-18(23)30-19)9-12-6-7-14(29-12)10-4-3-5-11(8-10)17(25)26/h3-9,20H,2H2,1H3,(H,25,26)/b13-9-,20-15?. The Labute approximate surface area is 180 Å². The van der Waals surface area contributed by atoms with Gasteiger partial charge in [-0.3, -0.25) is 10.2 Å². The minimum atomic E-state index is -3.61. The van der Waals surface area contributed by atoms with Crippen LogP contribution >= 0.6 is 11.8 Å². The van der Waals surface area contributed by atoms with Crippen LogP contribution in [0.1, 0.15) is 23.0 Å². The molecule has 31 heavy (non-hydrogen) atoms. The summed E-state index contributed by atoms with van der Waals surface area (Å²) in [5.74, 6) is -1.67. The normalized spacial score (nSPS) is 17.6. The number of fused-ring (bicyclic) bond motifs is 1. The van der Waals surface area contributed by atoms with E-state index in [1.54, 1.807) is 24.3 Å². The number of aliphatic imine (C=N–C) groups is 1. The van der Waals surface area contributed by atoms with Crippen LogP contribution in [0, 0.1) is 5.41 Å². The van der Waals surface area contributed by atoms with Gasteiger partial charge in [-0.2, -0.15) is 10.0 Å². The van der Waals surface area contributed by atoms with Crippen molar-refractivity contribution in [3.63, 3.8) is 0 Å². The molecular formula is C19H14N4O6S2. The number of carboxylic acids is 1. The lowest BCUT2D eigenvalue weighted by atomic mass is 10.1. The third kappa shape index (κ3) is 3.82. The molecule has 10 nitrogen and oxygen atoms in total. The average molecular weight is 458 g/mol. The molecule has 3 heterocycles. The molecule has 0 spiro atoms. The van der Waals surface area contributed by atoms with Crippen molar-refractivity contribution in [2.75, 3.05) is 5.75 Å². The number of rotatable bonds is 4. The van der Waals surface area contributed by atoms with E-state index in [-0.39, 0.29) is 38.0 Å². The second-order valence-electron chi connectivity index (χ2n) is 6.38. The van der Waals surface area contributed by atoms with E-state index in [0.29, 0.717) is 11.3 Å². The molecule has 0 atom stereocenters. The zero-order valence-electron chi connectivity index (χ0n) is 15.9. The first-order valence-electron chi connectivity index (χ1n) is 8.86. The molecule has 0 bridgehead atoms. The highest BCUT2D eigenvalue weighted by molar-refractivity contribution is 8.42. The van der Waals surface area contributed by atoms with Crippen molar-refractivity contribution in [3.05, 3.63) is 53.3 Å². The molecule has 1 aromatic heterocycles. The summed E-state index contributed by atoms with van der Waals surface area (Å²) in [6.45, 7) is 1.47. The van der Waals surface area contributed by atoms with Crippen molar-refractivity contribution in [1.29, 1.82) is 5.41 Å². The topological polar surface area (TPSA) is 153 Å². The van der Waals surface area contributed by atoms with Gasteiger partial charge in [-0.1, -0.05) is 19.1 Å². The van der Waals surface area contributed by atoms with E-state index in [1.165, 1.54) is 25.1 Å². The van der Waals surface area contributed by atoms with Gasteiger partial charge in [0, 0.05) is 5.56 Å². The van der Waals surface area contributed by atoms with Crippen LogP contribution in [-0.2, 0) is 14.6 Å². The summed E-state index contributed by atoms with van der Waals surface area (Å²) in [4.78, 5) is 27.4. The van der Waals surface area contributed by atoms with Crippen LogP contribution in [0.25, 0.3) is 17.4 Å². The highest BCUT2D eigenvalue weighted by Crippen LogP contribution is 2.31. The fraction of sp³-hybridized carbons (Fsp3) is 0.105. The number of carbonyl (C=O) groups excluding carboxylic acids is 1. The van der Waals surface area contributed by atoms with Crippen molar-refractivity contribution in [3.8, 4) is 11.3 Å². The van der Waals surface area contributed by atoms with Crippen molar-refractivity contribution >= 4 is 54.9 Å². The lowest BCUT2D eigenvalue weighted by Gasteiger charge is -2.19. The van der Waals surface area contributed by atoms with Crippen LogP contribution in [0.15, 0.2) is 56.5 Å². The number of carbonyl (C=O) groups is 2. The zero-order chi connectivity index (χ0) is 22.3. The fourth-order valence-corrected chi connectivity index (χ4v) is 4.92. The number of aromatic carboxylic acids is 1. The lowest BCUT2D eigenvalue weighted by Crippen LogP contribution is -2.35. The monoisotopic (exact) mass is 458 g/mol. The SMILES string of the molecule is CCS(=O)(=O)C1=NN2C(=N)/C(=C/c3ccc(-c4cccc(C(=O)O)c4)o3)C(=O)N=C2S1. The van der Waals surface area contributed by atoms with E-state index >= 15 is 0 Å². The highest BCUT2D eigenvalue weighted by Gasteiger charge is 2.39. The number of nitrogens with one attached hydrogen (secondary N) is 1. The number of carboxylic acid groups (broad SMARTS) is 1. The third-order valence-electron chi connectivity index (χ3n) is 4.39. The molecule has 0 saturated carbocycles. The maximum atomic E-state index is 12.4. The second-order valence-corrected chi connectivity index (χ2v) is 9.79. The third-order valence-corrected chi connectivity index (χ3v) is 7.48. The van der Waals surface area contributed by atoms with Crippen LogP contribution in [0.5, 0.6) is 0 Å². The highest BCUT2D eigenvalue weighted by atomic mass is 32.3. The Hall–Kier alpha value is -3.51. The zero-order valence-corrected chi connectivity index (χ0v) is 17.5. The van der Waals surface area contributed by atoms with E-state index in [2.05, 4.69) is 10.1 Å². The molecule has 2 aliphatic heterocycles. The first kappa shape index (κ1) is 20.8. The van der Waals surface area contributed by atoms with Crippen LogP contribution in [-0.4, -0.2) is 51.5 Å². The summed E-state index contributed by atoms with van der Waals surface area (Å²) in [6.07, 6.45) is 1.31. The van der Waals surface area contributed by atoms with Gasteiger partial charge in [0.25, 0.3) is 5.91 Å². The van der Waals surface area contributed by atoms with E-state index < -0.39 is 21.7 Å². The predicted molar refractivity (Wildman–Crippen MR) is 116 cm³/mol. The summed E-state index contributed by atoms with van der Waals surface area (Å²) in [7, 11) is -3.61. The molecule has 0 radical (unpaired) electrons. The molecule has 0 fully saturated rings. The van der Waals surface area contributed by atoms with Gasteiger partial charge in [0.1, 0.15) is 11.5 Å². The molecule has 2 N–H and O–H groups in total. The minimum absolute atomic E-state index is 0.00444. The lowest BCUT2D eigenvalue weighted by molar-refractivity contribution is -0.114. The first-order chi connectivity index (χ1) is 14.7. The molecule has 0 aliphatic carbocycles. The molecule has 1 aromatic carbocycles. The minimum Gasteiger partial charge on any atom is -0.478 e. The van der Waals surface area contributed by atoms with Crippen molar-refractivity contribution in [2.24, 2.45) is 10.1 Å². The number of hydrazone groups is 1. The summed E-state index contributed by atoms with van der Waals surface area (Å²) >= 11 is 0.725. The van der Waals surface area contributed by atoms with Gasteiger partial charge in [-0.15, -0.1) is 5.10 Å². The Morgan fingerprint density at radius 3 is 2.81 bits per heavy atom. The van der Waals surface area contributed by atoms with Crippen LogP contribution < -0.4 is 0 Å². The van der Waals surface area contributed by atoms with Gasteiger partial charge in [0.05, 0.1) is 16.9 Å². The summed E-state index contributed by atoms with van der Waals surface area (Å²) < 4.78 is 29.6. The maximum Gasteiger partial charge on any atom is 0.335 e. The number of amides is 1. The van der Waals surface area contributed by atoms with E-state index in [4.69, 9.17) is 14.9 Å². The van der Waals surface area contributed by atoms with Crippen LogP contribution in [0.4, 0.5) is 0 Å². The van der Waals surface area contributed by atoms with Crippen molar-refractivity contribution < 1.29 is 27.5 Å². The van der Waals surface area contributed by atoms with E-state index in [1.807, 2.05) is 0 Å².